The van der Waals surface area contributed by atoms with Crippen molar-refractivity contribution in [2.24, 2.45) is 29.6 Å². The summed E-state index contributed by atoms with van der Waals surface area (Å²) < 4.78 is 0. The Morgan fingerprint density at radius 2 is 1.24 bits per heavy atom. The van der Waals surface area contributed by atoms with E-state index < -0.39 is 0 Å². The maximum Gasteiger partial charge on any atom is 0.135 e. The fourth-order valence-corrected chi connectivity index (χ4v) is 5.95. The molecule has 0 saturated heterocycles. The minimum atomic E-state index is 0.291. The summed E-state index contributed by atoms with van der Waals surface area (Å²) >= 11 is 0. The first-order valence-electron chi connectivity index (χ1n) is 11.2. The van der Waals surface area contributed by atoms with Crippen LogP contribution in [0.3, 0.4) is 0 Å². The first kappa shape index (κ1) is 19.1. The second-order valence-corrected chi connectivity index (χ2v) is 9.42. The Hall–Kier alpha value is -0.660. The lowest BCUT2D eigenvalue weighted by Crippen LogP contribution is -2.23. The molecule has 2 heteroatoms. The predicted molar refractivity (Wildman–Crippen MR) is 102 cm³/mol. The molecule has 3 fully saturated rings. The van der Waals surface area contributed by atoms with E-state index in [4.69, 9.17) is 0 Å². The number of Topliss-reactive ketones (excluding diaryl/α,β-unsaturated/α-hetero) is 2. The van der Waals surface area contributed by atoms with Crippen molar-refractivity contribution in [3.05, 3.63) is 0 Å². The summed E-state index contributed by atoms with van der Waals surface area (Å²) in [6.07, 6.45) is 17.1. The van der Waals surface area contributed by atoms with Crippen molar-refractivity contribution in [1.82, 2.24) is 0 Å². The zero-order chi connectivity index (χ0) is 17.6. The maximum atomic E-state index is 12.7. The molecule has 0 amide bonds. The molecule has 3 rings (SSSR count). The zero-order valence-corrected chi connectivity index (χ0v) is 16.3. The molecule has 142 valence electrons. The van der Waals surface area contributed by atoms with Crippen LogP contribution < -0.4 is 0 Å². The van der Waals surface area contributed by atoms with E-state index in [0.717, 1.165) is 43.9 Å². The van der Waals surface area contributed by atoms with Crippen molar-refractivity contribution < 1.29 is 9.59 Å². The second kappa shape index (κ2) is 9.33. The molecule has 0 aromatic heterocycles. The third-order valence-corrected chi connectivity index (χ3v) is 7.47. The Balaban J connectivity index is 1.40. The molecular weight excluding hydrogens is 308 g/mol. The highest BCUT2D eigenvalue weighted by Crippen LogP contribution is 2.41. The van der Waals surface area contributed by atoms with Gasteiger partial charge in [-0.1, -0.05) is 58.3 Å². The molecule has 5 unspecified atom stereocenters. The molecule has 5 atom stereocenters. The number of carbonyl (C=O) groups excluding carboxylic acids is 2. The maximum absolute atomic E-state index is 12.7. The molecule has 0 spiro atoms. The summed E-state index contributed by atoms with van der Waals surface area (Å²) in [5, 5.41) is 0. The van der Waals surface area contributed by atoms with Crippen LogP contribution in [0, 0.1) is 29.6 Å². The average Bonchev–Trinajstić information content (AvgIpc) is 2.84. The summed E-state index contributed by atoms with van der Waals surface area (Å²) in [5.74, 6) is 3.93. The molecule has 0 N–H and O–H groups in total. The lowest BCUT2D eigenvalue weighted by molar-refractivity contribution is -0.125. The van der Waals surface area contributed by atoms with Gasteiger partial charge in [-0.25, -0.2) is 0 Å². The molecule has 2 nitrogen and oxygen atoms in total. The molecule has 0 aliphatic heterocycles. The first-order valence-corrected chi connectivity index (χ1v) is 11.2. The number of hydrogen-bond donors (Lipinski definition) is 0. The monoisotopic (exact) mass is 346 g/mol. The molecule has 3 aliphatic carbocycles. The van der Waals surface area contributed by atoms with E-state index in [0.29, 0.717) is 42.2 Å². The number of carbonyl (C=O) groups is 2. The van der Waals surface area contributed by atoms with Crippen LogP contribution in [0.4, 0.5) is 0 Å². The third-order valence-electron chi connectivity index (χ3n) is 7.47. The van der Waals surface area contributed by atoms with Gasteiger partial charge >= 0.3 is 0 Å². The van der Waals surface area contributed by atoms with Crippen LogP contribution in [0.5, 0.6) is 0 Å². The van der Waals surface area contributed by atoms with Gasteiger partial charge < -0.3 is 0 Å². The quantitative estimate of drug-likeness (QED) is 0.581. The minimum Gasteiger partial charge on any atom is -0.299 e. The van der Waals surface area contributed by atoms with E-state index in [2.05, 4.69) is 6.92 Å². The summed E-state index contributed by atoms with van der Waals surface area (Å²) in [4.78, 5) is 25.2. The summed E-state index contributed by atoms with van der Waals surface area (Å²) in [6.45, 7) is 2.27. The zero-order valence-electron chi connectivity index (χ0n) is 16.3. The summed E-state index contributed by atoms with van der Waals surface area (Å²) in [6, 6.07) is 0. The number of ketones is 2. The van der Waals surface area contributed by atoms with Gasteiger partial charge in [0.25, 0.3) is 0 Å². The molecule has 3 saturated carbocycles. The van der Waals surface area contributed by atoms with E-state index in [9.17, 15) is 9.59 Å². The van der Waals surface area contributed by atoms with Crippen LogP contribution in [0.15, 0.2) is 0 Å². The SMILES string of the molecule is CC1CCCC(C(=O)CCCC(=O)C2CCCC3CCCCC3C2)C1. The highest BCUT2D eigenvalue weighted by atomic mass is 16.1. The van der Waals surface area contributed by atoms with Crippen LogP contribution in [0.25, 0.3) is 0 Å². The van der Waals surface area contributed by atoms with Crippen molar-refractivity contribution in [2.75, 3.05) is 0 Å². The molecule has 0 aromatic carbocycles. The fraction of sp³-hybridized carbons (Fsp3) is 0.913. The van der Waals surface area contributed by atoms with Crippen LogP contribution >= 0.6 is 0 Å². The second-order valence-electron chi connectivity index (χ2n) is 9.42. The number of fused-ring (bicyclic) bond motifs is 1. The highest BCUT2D eigenvalue weighted by molar-refractivity contribution is 5.83. The van der Waals surface area contributed by atoms with Gasteiger partial charge in [-0.2, -0.15) is 0 Å². The number of hydrogen-bond acceptors (Lipinski definition) is 2. The Labute approximate surface area is 154 Å². The lowest BCUT2D eigenvalue weighted by atomic mass is 9.75. The van der Waals surface area contributed by atoms with E-state index in [1.165, 1.54) is 51.4 Å². The number of rotatable bonds is 6. The van der Waals surface area contributed by atoms with Crippen LogP contribution in [0.1, 0.15) is 103 Å². The molecule has 3 aliphatic rings. The van der Waals surface area contributed by atoms with Gasteiger partial charge in [0.15, 0.2) is 0 Å². The third kappa shape index (κ3) is 5.41. The van der Waals surface area contributed by atoms with Crippen molar-refractivity contribution in [3.63, 3.8) is 0 Å². The van der Waals surface area contributed by atoms with Gasteiger partial charge in [0.05, 0.1) is 0 Å². The van der Waals surface area contributed by atoms with E-state index in [-0.39, 0.29) is 0 Å². The van der Waals surface area contributed by atoms with Gasteiger partial charge in [-0.3, -0.25) is 9.59 Å². The Bertz CT molecular complexity index is 455. The van der Waals surface area contributed by atoms with Crippen molar-refractivity contribution in [1.29, 1.82) is 0 Å². The van der Waals surface area contributed by atoms with Crippen molar-refractivity contribution in [3.8, 4) is 0 Å². The topological polar surface area (TPSA) is 34.1 Å². The van der Waals surface area contributed by atoms with Gasteiger partial charge in [0, 0.05) is 24.7 Å². The van der Waals surface area contributed by atoms with Gasteiger partial charge in [0.2, 0.25) is 0 Å². The largest absolute Gasteiger partial charge is 0.299 e. The molecule has 0 radical (unpaired) electrons. The fourth-order valence-electron chi connectivity index (χ4n) is 5.95. The molecule has 0 heterocycles. The van der Waals surface area contributed by atoms with Gasteiger partial charge in [-0.15, -0.1) is 0 Å². The van der Waals surface area contributed by atoms with Gasteiger partial charge in [0.1, 0.15) is 11.6 Å². The van der Waals surface area contributed by atoms with Gasteiger partial charge in [-0.05, 0) is 49.9 Å². The molecule has 0 bridgehead atoms. The standard InChI is InChI=1S/C23H38O2/c1-17-7-4-11-20(15-17)22(24)13-6-14-23(25)21-12-5-10-18-8-2-3-9-19(18)16-21/h17-21H,2-16H2,1H3. The molecule has 0 aromatic rings. The van der Waals surface area contributed by atoms with Crippen LogP contribution in [-0.4, -0.2) is 11.6 Å². The van der Waals surface area contributed by atoms with Crippen molar-refractivity contribution in [2.45, 2.75) is 103 Å². The van der Waals surface area contributed by atoms with E-state index >= 15 is 0 Å². The average molecular weight is 347 g/mol. The predicted octanol–water partition coefficient (Wildman–Crippen LogP) is 6.12. The van der Waals surface area contributed by atoms with E-state index in [1.807, 2.05) is 0 Å². The molecule has 25 heavy (non-hydrogen) atoms. The lowest BCUT2D eigenvalue weighted by Gasteiger charge is -2.30. The highest BCUT2D eigenvalue weighted by Gasteiger charge is 2.32. The summed E-state index contributed by atoms with van der Waals surface area (Å²) in [5.41, 5.74) is 0. The minimum absolute atomic E-state index is 0.291. The van der Waals surface area contributed by atoms with Crippen molar-refractivity contribution >= 4 is 11.6 Å². The van der Waals surface area contributed by atoms with Crippen LogP contribution in [0.2, 0.25) is 0 Å². The molecular formula is C23H38O2. The van der Waals surface area contributed by atoms with Crippen LogP contribution in [-0.2, 0) is 9.59 Å². The normalized spacial score (nSPS) is 36.3. The summed E-state index contributed by atoms with van der Waals surface area (Å²) in [7, 11) is 0. The smallest absolute Gasteiger partial charge is 0.135 e. The Morgan fingerprint density at radius 1 is 0.680 bits per heavy atom. The Morgan fingerprint density at radius 3 is 1.92 bits per heavy atom. The first-order chi connectivity index (χ1) is 12.1. The van der Waals surface area contributed by atoms with E-state index in [1.54, 1.807) is 0 Å². The Kier molecular flexibility index (Phi) is 7.13.